The first-order chi connectivity index (χ1) is 13.5. The summed E-state index contributed by atoms with van der Waals surface area (Å²) in [6, 6.07) is 1.90. The number of hydrogen-bond donors (Lipinski definition) is 0. The molecule has 5 heterocycles. The van der Waals surface area contributed by atoms with Crippen molar-refractivity contribution in [2.45, 2.75) is 6.18 Å². The van der Waals surface area contributed by atoms with Crippen molar-refractivity contribution in [3.8, 4) is 0 Å². The molecule has 0 spiro atoms. The Balaban J connectivity index is 1.41. The van der Waals surface area contributed by atoms with Crippen LogP contribution in [0.5, 0.6) is 0 Å². The second kappa shape index (κ2) is 6.08. The van der Waals surface area contributed by atoms with Crippen LogP contribution in [0.3, 0.4) is 0 Å². The summed E-state index contributed by atoms with van der Waals surface area (Å²) >= 11 is 0. The van der Waals surface area contributed by atoms with E-state index in [0.29, 0.717) is 32.0 Å². The summed E-state index contributed by atoms with van der Waals surface area (Å²) < 4.78 is 42.2. The van der Waals surface area contributed by atoms with Crippen molar-refractivity contribution < 1.29 is 13.2 Å². The predicted molar refractivity (Wildman–Crippen MR) is 95.4 cm³/mol. The molecule has 5 rings (SSSR count). The van der Waals surface area contributed by atoms with E-state index < -0.39 is 11.9 Å². The molecule has 144 valence electrons. The fourth-order valence-electron chi connectivity index (χ4n) is 3.48. The van der Waals surface area contributed by atoms with Crippen LogP contribution in [0, 0.1) is 0 Å². The molecule has 0 aromatic carbocycles. The minimum atomic E-state index is -4.49. The molecule has 4 aromatic heterocycles. The summed E-state index contributed by atoms with van der Waals surface area (Å²) in [6.45, 7) is 2.51. The van der Waals surface area contributed by atoms with Gasteiger partial charge in [0.2, 0.25) is 0 Å². The van der Waals surface area contributed by atoms with Gasteiger partial charge in [-0.05, 0) is 6.07 Å². The van der Waals surface area contributed by atoms with Crippen LogP contribution in [0.25, 0.3) is 11.2 Å². The van der Waals surface area contributed by atoms with Crippen molar-refractivity contribution in [3.05, 3.63) is 48.9 Å². The fourth-order valence-corrected chi connectivity index (χ4v) is 3.48. The molecular weight excluding hydrogens is 373 g/mol. The molecule has 0 radical (unpaired) electrons. The molecule has 0 amide bonds. The average molecular weight is 388 g/mol. The molecule has 0 unspecified atom stereocenters. The van der Waals surface area contributed by atoms with Gasteiger partial charge in [0.15, 0.2) is 23.0 Å². The number of hydrogen-bond acceptors (Lipinski definition) is 6. The van der Waals surface area contributed by atoms with Gasteiger partial charge in [-0.15, -0.1) is 0 Å². The van der Waals surface area contributed by atoms with E-state index in [9.17, 15) is 13.2 Å². The van der Waals surface area contributed by atoms with Gasteiger partial charge in [-0.2, -0.15) is 18.3 Å². The largest absolute Gasteiger partial charge is 0.434 e. The van der Waals surface area contributed by atoms with Crippen LogP contribution in [0.1, 0.15) is 5.69 Å². The van der Waals surface area contributed by atoms with Crippen molar-refractivity contribution in [3.63, 3.8) is 0 Å². The summed E-state index contributed by atoms with van der Waals surface area (Å²) in [6.07, 6.45) is 4.67. The molecule has 28 heavy (non-hydrogen) atoms. The van der Waals surface area contributed by atoms with E-state index in [-0.39, 0.29) is 5.65 Å². The molecular formula is C17H15F3N8. The highest BCUT2D eigenvalue weighted by Gasteiger charge is 2.34. The first-order valence-corrected chi connectivity index (χ1v) is 8.70. The van der Waals surface area contributed by atoms with Gasteiger partial charge in [0.25, 0.3) is 0 Å². The van der Waals surface area contributed by atoms with E-state index in [4.69, 9.17) is 0 Å². The van der Waals surface area contributed by atoms with Crippen LogP contribution < -0.4 is 9.80 Å². The maximum atomic E-state index is 13.0. The lowest BCUT2D eigenvalue weighted by molar-refractivity contribution is -0.140. The molecule has 0 saturated carbocycles. The average Bonchev–Trinajstić information content (AvgIpc) is 3.34. The predicted octanol–water partition coefficient (Wildman–Crippen LogP) is 2.12. The third-order valence-corrected chi connectivity index (χ3v) is 4.83. The molecule has 0 aliphatic carbocycles. The Hall–Kier alpha value is -3.37. The van der Waals surface area contributed by atoms with Crippen molar-refractivity contribution in [1.82, 2.24) is 29.0 Å². The van der Waals surface area contributed by atoms with E-state index in [2.05, 4.69) is 25.0 Å². The Labute approximate surface area is 156 Å². The summed E-state index contributed by atoms with van der Waals surface area (Å²) in [5.74, 6) is 1.29. The van der Waals surface area contributed by atoms with Crippen LogP contribution in [0.15, 0.2) is 43.2 Å². The summed E-state index contributed by atoms with van der Waals surface area (Å²) in [7, 11) is 0. The number of imidazole rings is 1. The second-order valence-electron chi connectivity index (χ2n) is 6.49. The Kier molecular flexibility index (Phi) is 3.64. The summed E-state index contributed by atoms with van der Waals surface area (Å²) in [5, 5.41) is 4.22. The zero-order valence-corrected chi connectivity index (χ0v) is 14.6. The lowest BCUT2D eigenvalue weighted by Crippen LogP contribution is -2.47. The molecule has 1 aliphatic rings. The van der Waals surface area contributed by atoms with Crippen molar-refractivity contribution in [1.29, 1.82) is 0 Å². The fraction of sp³-hybridized carbons (Fsp3) is 0.294. The van der Waals surface area contributed by atoms with E-state index in [1.165, 1.54) is 16.8 Å². The monoisotopic (exact) mass is 388 g/mol. The third kappa shape index (κ3) is 2.70. The number of anilines is 2. The zero-order chi connectivity index (χ0) is 19.3. The molecule has 1 aliphatic heterocycles. The quantitative estimate of drug-likeness (QED) is 0.524. The Bertz CT molecular complexity index is 1140. The summed E-state index contributed by atoms with van der Waals surface area (Å²) in [5.41, 5.74) is 0.204. The normalized spacial score (nSPS) is 15.7. The van der Waals surface area contributed by atoms with Gasteiger partial charge in [0.05, 0.1) is 6.20 Å². The molecule has 1 fully saturated rings. The van der Waals surface area contributed by atoms with Gasteiger partial charge < -0.3 is 14.2 Å². The molecule has 4 aromatic rings. The maximum Gasteiger partial charge on any atom is 0.434 e. The van der Waals surface area contributed by atoms with Gasteiger partial charge in [-0.1, -0.05) is 0 Å². The highest BCUT2D eigenvalue weighted by atomic mass is 19.4. The standard InChI is InChI=1S/C17H15F3N8/c18-17(19,20)13-11-27-5-3-22-15(16(27)24-13)26-9-7-25(8-10-26)14-12-1-2-23-28(12)6-4-21-14/h1-6,11H,7-10H2. The number of halogens is 3. The lowest BCUT2D eigenvalue weighted by Gasteiger charge is -2.36. The highest BCUT2D eigenvalue weighted by Crippen LogP contribution is 2.30. The van der Waals surface area contributed by atoms with Gasteiger partial charge >= 0.3 is 6.18 Å². The molecule has 0 bridgehead atoms. The van der Waals surface area contributed by atoms with Crippen LogP contribution in [0.2, 0.25) is 0 Å². The Morgan fingerprint density at radius 1 is 0.857 bits per heavy atom. The van der Waals surface area contributed by atoms with Crippen LogP contribution >= 0.6 is 0 Å². The maximum absolute atomic E-state index is 13.0. The van der Waals surface area contributed by atoms with Gasteiger partial charge in [0.1, 0.15) is 5.52 Å². The van der Waals surface area contributed by atoms with Crippen molar-refractivity contribution in [2.24, 2.45) is 0 Å². The highest BCUT2D eigenvalue weighted by molar-refractivity contribution is 5.70. The number of alkyl halides is 3. The number of nitrogens with zero attached hydrogens (tertiary/aromatic N) is 8. The molecule has 11 heteroatoms. The van der Waals surface area contributed by atoms with Gasteiger partial charge in [-0.25, -0.2) is 19.5 Å². The van der Waals surface area contributed by atoms with Crippen LogP contribution in [-0.4, -0.2) is 55.1 Å². The SMILES string of the molecule is FC(F)(F)c1cn2ccnc(N3CCN(c4nccn5nccc45)CC3)c2n1. The third-order valence-electron chi connectivity index (χ3n) is 4.83. The lowest BCUT2D eigenvalue weighted by atomic mass is 10.3. The van der Waals surface area contributed by atoms with Gasteiger partial charge in [0, 0.05) is 57.2 Å². The van der Waals surface area contributed by atoms with E-state index in [1.54, 1.807) is 23.1 Å². The zero-order valence-electron chi connectivity index (χ0n) is 14.6. The topological polar surface area (TPSA) is 66.9 Å². The number of piperazine rings is 1. The van der Waals surface area contributed by atoms with E-state index in [0.717, 1.165) is 17.5 Å². The number of fused-ring (bicyclic) bond motifs is 2. The van der Waals surface area contributed by atoms with Crippen LogP contribution in [-0.2, 0) is 6.18 Å². The molecule has 0 atom stereocenters. The first-order valence-electron chi connectivity index (χ1n) is 8.70. The number of rotatable bonds is 2. The minimum Gasteiger partial charge on any atom is -0.351 e. The van der Waals surface area contributed by atoms with Gasteiger partial charge in [-0.3, -0.25) is 0 Å². The second-order valence-corrected chi connectivity index (χ2v) is 6.49. The Morgan fingerprint density at radius 2 is 1.54 bits per heavy atom. The Morgan fingerprint density at radius 3 is 2.29 bits per heavy atom. The first kappa shape index (κ1) is 16.8. The van der Waals surface area contributed by atoms with Crippen LogP contribution in [0.4, 0.5) is 24.8 Å². The summed E-state index contributed by atoms with van der Waals surface area (Å²) in [4.78, 5) is 16.6. The van der Waals surface area contributed by atoms with E-state index in [1.807, 2.05) is 11.0 Å². The minimum absolute atomic E-state index is 0.208. The molecule has 1 saturated heterocycles. The smallest absolute Gasteiger partial charge is 0.351 e. The molecule has 8 nitrogen and oxygen atoms in total. The van der Waals surface area contributed by atoms with Crippen molar-refractivity contribution >= 4 is 22.8 Å². The number of aromatic nitrogens is 6. The molecule has 0 N–H and O–H groups in total. The van der Waals surface area contributed by atoms with Crippen molar-refractivity contribution in [2.75, 3.05) is 36.0 Å². The van der Waals surface area contributed by atoms with E-state index >= 15 is 0 Å².